The number of carbonyl (C=O) groups excluding carboxylic acids is 2. The smallest absolute Gasteiger partial charge is 0.254 e. The van der Waals surface area contributed by atoms with E-state index in [1.54, 1.807) is 11.8 Å². The molecule has 3 N–H and O–H groups in total. The molecule has 2 amide bonds. The molecule has 3 heterocycles. The molecule has 0 bridgehead atoms. The van der Waals surface area contributed by atoms with E-state index in [0.717, 1.165) is 35.5 Å². The summed E-state index contributed by atoms with van der Waals surface area (Å²) < 4.78 is 22.3. The van der Waals surface area contributed by atoms with Gasteiger partial charge in [-0.3, -0.25) is 9.59 Å². The van der Waals surface area contributed by atoms with E-state index in [2.05, 4.69) is 30.7 Å². The van der Waals surface area contributed by atoms with E-state index in [1.165, 1.54) is 12.3 Å². The van der Waals surface area contributed by atoms with Gasteiger partial charge >= 0.3 is 0 Å². The number of amides is 2. The molecular formula is C23H26N8O2. The molecule has 0 spiro atoms. The SMILES string of the molecule is [2H]C([2H])([2H])NC(=O)c1cnc(NC(=O)C2CC2)cc1Nc1cccc2c1N(C)[C@H](C)c1nn(C)nc1-2. The van der Waals surface area contributed by atoms with Crippen molar-refractivity contribution in [3.8, 4) is 11.3 Å². The van der Waals surface area contributed by atoms with E-state index in [-0.39, 0.29) is 29.2 Å². The summed E-state index contributed by atoms with van der Waals surface area (Å²) in [5, 5.41) is 17.1. The molecule has 10 nitrogen and oxygen atoms in total. The molecule has 1 atom stereocenters. The van der Waals surface area contributed by atoms with Crippen molar-refractivity contribution in [2.75, 3.05) is 29.6 Å². The molecule has 170 valence electrons. The maximum atomic E-state index is 12.8. The number of nitrogens with zero attached hydrogens (tertiary/aromatic N) is 5. The molecule has 1 aliphatic heterocycles. The zero-order valence-corrected chi connectivity index (χ0v) is 18.5. The fourth-order valence-corrected chi connectivity index (χ4v) is 4.08. The molecule has 1 aromatic carbocycles. The van der Waals surface area contributed by atoms with Crippen LogP contribution in [0.5, 0.6) is 0 Å². The summed E-state index contributed by atoms with van der Waals surface area (Å²) in [4.78, 5) is 32.9. The zero-order valence-electron chi connectivity index (χ0n) is 21.5. The molecule has 0 unspecified atom stereocenters. The molecular weight excluding hydrogens is 420 g/mol. The maximum absolute atomic E-state index is 12.8. The molecule has 10 heteroatoms. The monoisotopic (exact) mass is 449 g/mol. The van der Waals surface area contributed by atoms with Crippen LogP contribution in [0, 0.1) is 5.92 Å². The Bertz CT molecular complexity index is 1370. The van der Waals surface area contributed by atoms with Gasteiger partial charge in [0.1, 0.15) is 17.2 Å². The minimum Gasteiger partial charge on any atom is -0.364 e. The zero-order chi connectivity index (χ0) is 25.8. The second-order valence-electron chi connectivity index (χ2n) is 8.37. The van der Waals surface area contributed by atoms with E-state index >= 15 is 0 Å². The minimum atomic E-state index is -2.67. The lowest BCUT2D eigenvalue weighted by atomic mass is 9.96. The largest absolute Gasteiger partial charge is 0.364 e. The van der Waals surface area contributed by atoms with Crippen LogP contribution >= 0.6 is 0 Å². The van der Waals surface area contributed by atoms with Crippen molar-refractivity contribution >= 4 is 34.7 Å². The predicted octanol–water partition coefficient (Wildman–Crippen LogP) is 2.84. The number of benzene rings is 1. The molecule has 0 radical (unpaired) electrons. The predicted molar refractivity (Wildman–Crippen MR) is 126 cm³/mol. The maximum Gasteiger partial charge on any atom is 0.254 e. The standard InChI is InChI=1S/C23H26N8O2/c1-12-19-20(29-31(4)28-19)14-6-5-7-16(21(14)30(12)3)26-17-10-18(27-22(32)13-8-9-13)25-11-15(17)23(33)24-2/h5-7,10-13H,8-9H2,1-4H3,(H,24,33)(H2,25,26,27,32)/t12-/m1/s1/i2D3. The number of pyridine rings is 1. The molecule has 1 aliphatic carbocycles. The molecule has 2 aliphatic rings. The third-order valence-electron chi connectivity index (χ3n) is 6.09. The number of nitrogens with one attached hydrogen (secondary N) is 3. The average Bonchev–Trinajstić information content (AvgIpc) is 3.58. The van der Waals surface area contributed by atoms with Crippen molar-refractivity contribution < 1.29 is 13.7 Å². The van der Waals surface area contributed by atoms with Crippen molar-refractivity contribution in [1.82, 2.24) is 25.3 Å². The topological polar surface area (TPSA) is 117 Å². The Morgan fingerprint density at radius 1 is 1.18 bits per heavy atom. The van der Waals surface area contributed by atoms with Crippen LogP contribution in [-0.2, 0) is 11.8 Å². The molecule has 0 saturated heterocycles. The number of aromatic nitrogens is 4. The Kier molecular flexibility index (Phi) is 4.20. The number of aryl methyl sites for hydroxylation is 1. The normalized spacial score (nSPS) is 18.3. The average molecular weight is 450 g/mol. The Labute approximate surface area is 195 Å². The number of carbonyl (C=O) groups is 2. The Morgan fingerprint density at radius 3 is 2.76 bits per heavy atom. The highest BCUT2D eigenvalue weighted by Gasteiger charge is 2.32. The first-order valence-corrected chi connectivity index (χ1v) is 10.7. The van der Waals surface area contributed by atoms with E-state index in [0.29, 0.717) is 11.4 Å². The van der Waals surface area contributed by atoms with Gasteiger partial charge in [-0.2, -0.15) is 15.0 Å². The molecule has 1 saturated carbocycles. The van der Waals surface area contributed by atoms with Crippen molar-refractivity contribution in [2.24, 2.45) is 13.0 Å². The third kappa shape index (κ3) is 3.67. The van der Waals surface area contributed by atoms with E-state index in [9.17, 15) is 9.59 Å². The van der Waals surface area contributed by atoms with Crippen molar-refractivity contribution in [1.29, 1.82) is 0 Å². The summed E-state index contributed by atoms with van der Waals surface area (Å²) >= 11 is 0. The van der Waals surface area contributed by atoms with Gasteiger partial charge in [0.05, 0.1) is 28.7 Å². The van der Waals surface area contributed by atoms with Crippen LogP contribution in [0.3, 0.4) is 0 Å². The molecule has 3 aromatic rings. The summed E-state index contributed by atoms with van der Waals surface area (Å²) in [7, 11) is 3.72. The summed E-state index contributed by atoms with van der Waals surface area (Å²) in [6, 6.07) is 7.15. The minimum absolute atomic E-state index is 0.0276. The van der Waals surface area contributed by atoms with Crippen LogP contribution in [0.15, 0.2) is 30.5 Å². The van der Waals surface area contributed by atoms with E-state index in [1.807, 2.05) is 37.5 Å². The highest BCUT2D eigenvalue weighted by atomic mass is 16.2. The van der Waals surface area contributed by atoms with Crippen LogP contribution in [0.4, 0.5) is 22.9 Å². The lowest BCUT2D eigenvalue weighted by Crippen LogP contribution is -2.27. The highest BCUT2D eigenvalue weighted by molar-refractivity contribution is 6.02. The molecule has 5 rings (SSSR count). The van der Waals surface area contributed by atoms with Gasteiger partial charge in [0.15, 0.2) is 0 Å². The molecule has 2 aromatic heterocycles. The number of hydrogen-bond donors (Lipinski definition) is 3. The van der Waals surface area contributed by atoms with Gasteiger partial charge in [-0.15, -0.1) is 0 Å². The first-order chi connectivity index (χ1) is 17.0. The van der Waals surface area contributed by atoms with Crippen molar-refractivity contribution in [3.05, 3.63) is 41.7 Å². The quantitative estimate of drug-likeness (QED) is 0.548. The number of hydrogen-bond acceptors (Lipinski definition) is 7. The fourth-order valence-electron chi connectivity index (χ4n) is 4.08. The first-order valence-electron chi connectivity index (χ1n) is 12.2. The lowest BCUT2D eigenvalue weighted by Gasteiger charge is -2.34. The number of anilines is 4. The van der Waals surface area contributed by atoms with E-state index < -0.39 is 12.9 Å². The highest BCUT2D eigenvalue weighted by Crippen LogP contribution is 2.46. The molecule has 33 heavy (non-hydrogen) atoms. The number of para-hydroxylation sites is 1. The van der Waals surface area contributed by atoms with Gasteiger partial charge in [0, 0.05) is 48.9 Å². The summed E-state index contributed by atoms with van der Waals surface area (Å²) in [5.74, 6) is -0.705. The Balaban J connectivity index is 1.56. The Morgan fingerprint density at radius 2 is 2.00 bits per heavy atom. The number of fused-ring (bicyclic) bond motifs is 3. The first kappa shape index (κ1) is 17.6. The van der Waals surface area contributed by atoms with Crippen LogP contribution < -0.4 is 20.9 Å². The second-order valence-corrected chi connectivity index (χ2v) is 8.37. The van der Waals surface area contributed by atoms with Gasteiger partial charge in [0.25, 0.3) is 5.91 Å². The van der Waals surface area contributed by atoms with Crippen LogP contribution in [0.1, 0.15) is 46.0 Å². The summed E-state index contributed by atoms with van der Waals surface area (Å²) in [6.07, 6.45) is 2.93. The van der Waals surface area contributed by atoms with Crippen LogP contribution in [-0.4, -0.2) is 45.8 Å². The van der Waals surface area contributed by atoms with Crippen LogP contribution in [0.25, 0.3) is 11.3 Å². The fraction of sp³-hybridized carbons (Fsp3) is 0.348. The van der Waals surface area contributed by atoms with Crippen molar-refractivity contribution in [2.45, 2.75) is 25.8 Å². The van der Waals surface area contributed by atoms with Crippen molar-refractivity contribution in [3.63, 3.8) is 0 Å². The summed E-state index contributed by atoms with van der Waals surface area (Å²) in [6.45, 7) is -0.641. The van der Waals surface area contributed by atoms with Gasteiger partial charge in [-0.05, 0) is 25.8 Å². The van der Waals surface area contributed by atoms with E-state index in [4.69, 9.17) is 4.11 Å². The summed E-state index contributed by atoms with van der Waals surface area (Å²) in [5.41, 5.74) is 4.35. The molecule has 1 fully saturated rings. The van der Waals surface area contributed by atoms with Gasteiger partial charge in [0.2, 0.25) is 5.91 Å². The second kappa shape index (κ2) is 7.88. The van der Waals surface area contributed by atoms with Gasteiger partial charge in [-0.25, -0.2) is 4.98 Å². The number of rotatable bonds is 5. The van der Waals surface area contributed by atoms with Crippen LogP contribution in [0.2, 0.25) is 0 Å². The lowest BCUT2D eigenvalue weighted by molar-refractivity contribution is -0.117. The third-order valence-corrected chi connectivity index (χ3v) is 6.09. The van der Waals surface area contributed by atoms with Gasteiger partial charge in [-0.1, -0.05) is 12.1 Å². The Hall–Kier alpha value is -3.95. The van der Waals surface area contributed by atoms with Gasteiger partial charge < -0.3 is 20.9 Å².